The molecule has 0 heterocycles. The maximum Gasteiger partial charge on any atom is 0.240 e. The number of aryl methyl sites for hydroxylation is 1. The maximum atomic E-state index is 11.6. The number of amides is 1. The van der Waals surface area contributed by atoms with E-state index in [1.165, 1.54) is 0 Å². The number of benzene rings is 1. The lowest BCUT2D eigenvalue weighted by Crippen LogP contribution is -2.43. The molecule has 1 aromatic rings. The summed E-state index contributed by atoms with van der Waals surface area (Å²) < 4.78 is 5.63. The van der Waals surface area contributed by atoms with E-state index in [1.807, 2.05) is 19.1 Å². The molecule has 5 heteroatoms. The van der Waals surface area contributed by atoms with E-state index in [-0.39, 0.29) is 5.91 Å². The lowest BCUT2D eigenvalue weighted by atomic mass is 10.2. The number of nitrogens with two attached hydrogens (primary N) is 1. The Kier molecular flexibility index (Phi) is 4.32. The monoisotopic (exact) mass is 282 g/mol. The highest BCUT2D eigenvalue weighted by Crippen LogP contribution is 2.31. The minimum Gasteiger partial charge on any atom is -0.493 e. The highest BCUT2D eigenvalue weighted by atomic mass is 35.5. The second kappa shape index (κ2) is 5.80. The van der Waals surface area contributed by atoms with Crippen LogP contribution >= 0.6 is 11.6 Å². The van der Waals surface area contributed by atoms with Gasteiger partial charge < -0.3 is 15.8 Å². The molecule has 0 spiro atoms. The summed E-state index contributed by atoms with van der Waals surface area (Å²) in [5.41, 5.74) is 6.19. The number of hydrogen-bond donors (Lipinski definition) is 2. The first kappa shape index (κ1) is 14.2. The Morgan fingerprint density at radius 2 is 2.26 bits per heavy atom. The van der Waals surface area contributed by atoms with Gasteiger partial charge in [-0.25, -0.2) is 0 Å². The molecular formula is C14H19ClN2O2. The predicted octanol–water partition coefficient (Wildman–Crippen LogP) is 2.02. The smallest absolute Gasteiger partial charge is 0.240 e. The maximum absolute atomic E-state index is 11.6. The van der Waals surface area contributed by atoms with Crippen molar-refractivity contribution in [3.05, 3.63) is 28.8 Å². The standard InChI is InChI=1S/C14H19ClN2O2/c1-10-9-11(15)3-4-12(10)19-8-2-7-17-13(18)14(16)5-6-14/h3-4,9H,2,5-8,16H2,1H3,(H,17,18). The molecule has 0 aliphatic heterocycles. The number of carbonyl (C=O) groups is 1. The van der Waals surface area contributed by atoms with E-state index in [1.54, 1.807) is 6.07 Å². The van der Waals surface area contributed by atoms with Crippen molar-refractivity contribution in [3.63, 3.8) is 0 Å². The zero-order chi connectivity index (χ0) is 13.9. The average Bonchev–Trinajstić information content (AvgIpc) is 3.10. The van der Waals surface area contributed by atoms with Crippen LogP contribution in [0.15, 0.2) is 18.2 Å². The highest BCUT2D eigenvalue weighted by Gasteiger charge is 2.45. The molecular weight excluding hydrogens is 264 g/mol. The number of carbonyl (C=O) groups excluding carboxylic acids is 1. The van der Waals surface area contributed by atoms with Gasteiger partial charge in [-0.2, -0.15) is 0 Å². The van der Waals surface area contributed by atoms with Crippen LogP contribution in [0.1, 0.15) is 24.8 Å². The van der Waals surface area contributed by atoms with Crippen LogP contribution in [0.2, 0.25) is 5.02 Å². The fraction of sp³-hybridized carbons (Fsp3) is 0.500. The van der Waals surface area contributed by atoms with Gasteiger partial charge in [-0.15, -0.1) is 0 Å². The predicted molar refractivity (Wildman–Crippen MR) is 75.5 cm³/mol. The van der Waals surface area contributed by atoms with Gasteiger partial charge in [0, 0.05) is 11.6 Å². The van der Waals surface area contributed by atoms with Gasteiger partial charge in [0.1, 0.15) is 5.75 Å². The zero-order valence-electron chi connectivity index (χ0n) is 11.0. The number of ether oxygens (including phenoxy) is 1. The zero-order valence-corrected chi connectivity index (χ0v) is 11.8. The molecule has 3 N–H and O–H groups in total. The fourth-order valence-corrected chi connectivity index (χ4v) is 2.00. The van der Waals surface area contributed by atoms with Crippen LogP contribution in [0.5, 0.6) is 5.75 Å². The quantitative estimate of drug-likeness (QED) is 0.785. The summed E-state index contributed by atoms with van der Waals surface area (Å²) in [5, 5.41) is 3.53. The van der Waals surface area contributed by atoms with E-state index >= 15 is 0 Å². The molecule has 1 aromatic carbocycles. The molecule has 1 fully saturated rings. The molecule has 0 radical (unpaired) electrons. The van der Waals surface area contributed by atoms with Gasteiger partial charge in [-0.3, -0.25) is 4.79 Å². The second-order valence-electron chi connectivity index (χ2n) is 5.02. The molecule has 4 nitrogen and oxygen atoms in total. The van der Waals surface area contributed by atoms with Crippen LogP contribution in [0.4, 0.5) is 0 Å². The molecule has 104 valence electrons. The van der Waals surface area contributed by atoms with Crippen molar-refractivity contribution in [3.8, 4) is 5.75 Å². The number of nitrogens with one attached hydrogen (secondary N) is 1. The number of rotatable bonds is 6. The molecule has 2 rings (SSSR count). The summed E-state index contributed by atoms with van der Waals surface area (Å²) in [7, 11) is 0. The Labute approximate surface area is 118 Å². The van der Waals surface area contributed by atoms with E-state index in [0.717, 1.165) is 30.6 Å². The largest absolute Gasteiger partial charge is 0.493 e. The minimum atomic E-state index is -0.590. The summed E-state index contributed by atoms with van der Waals surface area (Å²) in [6.07, 6.45) is 2.34. The van der Waals surface area contributed by atoms with Gasteiger partial charge in [0.05, 0.1) is 12.1 Å². The lowest BCUT2D eigenvalue weighted by Gasteiger charge is -2.11. The Bertz CT molecular complexity index is 473. The topological polar surface area (TPSA) is 64.3 Å². The Morgan fingerprint density at radius 1 is 1.53 bits per heavy atom. The molecule has 0 aromatic heterocycles. The third-order valence-electron chi connectivity index (χ3n) is 3.24. The molecule has 0 unspecified atom stereocenters. The van der Waals surface area contributed by atoms with Crippen LogP contribution in [0.25, 0.3) is 0 Å². The summed E-state index contributed by atoms with van der Waals surface area (Å²) in [6.45, 7) is 3.10. The van der Waals surface area contributed by atoms with Crippen LogP contribution in [0.3, 0.4) is 0 Å². The summed E-state index contributed by atoms with van der Waals surface area (Å²) >= 11 is 5.87. The Balaban J connectivity index is 1.65. The first-order valence-electron chi connectivity index (χ1n) is 6.47. The van der Waals surface area contributed by atoms with Crippen LogP contribution in [-0.2, 0) is 4.79 Å². The second-order valence-corrected chi connectivity index (χ2v) is 5.46. The van der Waals surface area contributed by atoms with Gasteiger partial charge >= 0.3 is 0 Å². The summed E-state index contributed by atoms with van der Waals surface area (Å²) in [4.78, 5) is 11.6. The Hall–Kier alpha value is -1.26. The average molecular weight is 283 g/mol. The molecule has 1 aliphatic carbocycles. The van der Waals surface area contributed by atoms with Crippen LogP contribution in [0, 0.1) is 6.92 Å². The van der Waals surface area contributed by atoms with Crippen molar-refractivity contribution in [2.45, 2.75) is 31.7 Å². The normalized spacial score (nSPS) is 15.9. The van der Waals surface area contributed by atoms with Gasteiger partial charge in [-0.05, 0) is 49.9 Å². The molecule has 1 amide bonds. The lowest BCUT2D eigenvalue weighted by molar-refractivity contribution is -0.123. The minimum absolute atomic E-state index is 0.0461. The van der Waals surface area contributed by atoms with Gasteiger partial charge in [-0.1, -0.05) is 11.6 Å². The molecule has 1 aliphatic rings. The van der Waals surface area contributed by atoms with Gasteiger partial charge in [0.2, 0.25) is 5.91 Å². The fourth-order valence-electron chi connectivity index (χ4n) is 1.77. The molecule has 19 heavy (non-hydrogen) atoms. The van der Waals surface area contributed by atoms with Crippen molar-refractivity contribution in [2.75, 3.05) is 13.2 Å². The first-order valence-corrected chi connectivity index (χ1v) is 6.85. The molecule has 0 saturated heterocycles. The summed E-state index contributed by atoms with van der Waals surface area (Å²) in [5.74, 6) is 0.781. The van der Waals surface area contributed by atoms with Crippen molar-refractivity contribution in [1.29, 1.82) is 0 Å². The molecule has 0 atom stereocenters. The van der Waals surface area contributed by atoms with E-state index < -0.39 is 5.54 Å². The molecule has 1 saturated carbocycles. The highest BCUT2D eigenvalue weighted by molar-refractivity contribution is 6.30. The van der Waals surface area contributed by atoms with Crippen molar-refractivity contribution < 1.29 is 9.53 Å². The van der Waals surface area contributed by atoms with Gasteiger partial charge in [0.15, 0.2) is 0 Å². The Morgan fingerprint density at radius 3 is 2.89 bits per heavy atom. The van der Waals surface area contributed by atoms with Crippen molar-refractivity contribution >= 4 is 17.5 Å². The van der Waals surface area contributed by atoms with Crippen LogP contribution in [-0.4, -0.2) is 24.6 Å². The van der Waals surface area contributed by atoms with Crippen LogP contribution < -0.4 is 15.8 Å². The van der Waals surface area contributed by atoms with E-state index in [2.05, 4.69) is 5.32 Å². The first-order chi connectivity index (χ1) is 9.01. The number of hydrogen-bond acceptors (Lipinski definition) is 3. The van der Waals surface area contributed by atoms with Gasteiger partial charge in [0.25, 0.3) is 0 Å². The summed E-state index contributed by atoms with van der Waals surface area (Å²) in [6, 6.07) is 5.52. The molecule has 0 bridgehead atoms. The van der Waals surface area contributed by atoms with Crippen molar-refractivity contribution in [1.82, 2.24) is 5.32 Å². The van der Waals surface area contributed by atoms with E-state index in [0.29, 0.717) is 18.2 Å². The third kappa shape index (κ3) is 3.85. The van der Waals surface area contributed by atoms with Crippen molar-refractivity contribution in [2.24, 2.45) is 5.73 Å². The van der Waals surface area contributed by atoms with E-state index in [4.69, 9.17) is 22.1 Å². The third-order valence-corrected chi connectivity index (χ3v) is 3.48. The SMILES string of the molecule is Cc1cc(Cl)ccc1OCCCNC(=O)C1(N)CC1. The van der Waals surface area contributed by atoms with E-state index in [9.17, 15) is 4.79 Å². The number of halogens is 1.